The lowest BCUT2D eigenvalue weighted by Gasteiger charge is -2.27. The Bertz CT molecular complexity index is 871. The minimum atomic E-state index is 0.914. The van der Waals surface area contributed by atoms with Crippen molar-refractivity contribution in [3.63, 3.8) is 0 Å². The Hall–Kier alpha value is -1.72. The van der Waals surface area contributed by atoms with Gasteiger partial charge in [0.05, 0.1) is 5.69 Å². The zero-order chi connectivity index (χ0) is 16.5. The van der Waals surface area contributed by atoms with E-state index in [0.29, 0.717) is 0 Å². The Kier molecular flexibility index (Phi) is 4.37. The largest absolute Gasteiger partial charge is 0.361 e. The summed E-state index contributed by atoms with van der Waals surface area (Å²) in [4.78, 5) is 15.1. The van der Waals surface area contributed by atoms with Crippen LogP contribution in [0.15, 0.2) is 35.1 Å². The van der Waals surface area contributed by atoms with Crippen molar-refractivity contribution in [2.45, 2.75) is 39.3 Å². The Morgan fingerprint density at radius 3 is 3.12 bits per heavy atom. The van der Waals surface area contributed by atoms with E-state index in [2.05, 4.69) is 62.1 Å². The van der Waals surface area contributed by atoms with Gasteiger partial charge >= 0.3 is 0 Å². The molecule has 5 heteroatoms. The highest BCUT2D eigenvalue weighted by Gasteiger charge is 2.19. The third kappa shape index (κ3) is 3.10. The van der Waals surface area contributed by atoms with Crippen molar-refractivity contribution < 1.29 is 0 Å². The van der Waals surface area contributed by atoms with Crippen LogP contribution in [0, 0.1) is 0 Å². The molecule has 124 valence electrons. The number of benzene rings is 1. The summed E-state index contributed by atoms with van der Waals surface area (Å²) in [5.41, 5.74) is 5.06. The molecule has 3 heterocycles. The molecule has 0 saturated heterocycles. The van der Waals surface area contributed by atoms with Gasteiger partial charge in [0.1, 0.15) is 5.82 Å². The lowest BCUT2D eigenvalue weighted by molar-refractivity contribution is 0.241. The molecule has 0 atom stereocenters. The summed E-state index contributed by atoms with van der Waals surface area (Å²) in [6, 6.07) is 6.43. The van der Waals surface area contributed by atoms with Gasteiger partial charge in [-0.1, -0.05) is 28.9 Å². The van der Waals surface area contributed by atoms with Crippen LogP contribution < -0.4 is 0 Å². The molecule has 0 radical (unpaired) electrons. The van der Waals surface area contributed by atoms with Gasteiger partial charge in [0.15, 0.2) is 0 Å². The summed E-state index contributed by atoms with van der Waals surface area (Å²) >= 11 is 3.53. The van der Waals surface area contributed by atoms with Crippen molar-refractivity contribution in [3.8, 4) is 0 Å². The molecule has 1 aliphatic heterocycles. The predicted octanol–water partition coefficient (Wildman–Crippen LogP) is 4.23. The third-order valence-electron chi connectivity index (χ3n) is 4.67. The average Bonchev–Trinajstić information content (AvgIpc) is 2.97. The van der Waals surface area contributed by atoms with Gasteiger partial charge in [0.25, 0.3) is 0 Å². The lowest BCUT2D eigenvalue weighted by Crippen LogP contribution is -2.31. The molecule has 0 amide bonds. The highest BCUT2D eigenvalue weighted by atomic mass is 79.9. The number of aromatic nitrogens is 3. The third-order valence-corrected chi connectivity index (χ3v) is 5.17. The number of hydrogen-bond acceptors (Lipinski definition) is 3. The molecule has 4 nitrogen and oxygen atoms in total. The van der Waals surface area contributed by atoms with E-state index in [-0.39, 0.29) is 0 Å². The van der Waals surface area contributed by atoms with Gasteiger partial charge in [-0.3, -0.25) is 4.90 Å². The molecule has 0 fully saturated rings. The van der Waals surface area contributed by atoms with Gasteiger partial charge in [-0.25, -0.2) is 9.97 Å². The van der Waals surface area contributed by atoms with Gasteiger partial charge in [0, 0.05) is 53.8 Å². The monoisotopic (exact) mass is 384 g/mol. The van der Waals surface area contributed by atoms with Crippen LogP contribution in [0.3, 0.4) is 0 Å². The molecule has 1 N–H and O–H groups in total. The van der Waals surface area contributed by atoms with Crippen LogP contribution in [0.2, 0.25) is 0 Å². The van der Waals surface area contributed by atoms with Gasteiger partial charge in [0.2, 0.25) is 0 Å². The second-order valence-corrected chi connectivity index (χ2v) is 7.39. The first-order chi connectivity index (χ1) is 11.7. The standard InChI is InChI=1S/C19H21BrN4/c1-2-3-19-22-9-13-6-7-24(12-18(13)23-19)11-14-10-21-17-8-15(20)4-5-16(14)17/h4-5,8-10,21H,2-3,6-7,11-12H2,1H3. The van der Waals surface area contributed by atoms with Crippen molar-refractivity contribution in [1.29, 1.82) is 0 Å². The van der Waals surface area contributed by atoms with E-state index < -0.39 is 0 Å². The topological polar surface area (TPSA) is 44.8 Å². The number of aromatic amines is 1. The fourth-order valence-electron chi connectivity index (χ4n) is 3.41. The first-order valence-electron chi connectivity index (χ1n) is 8.54. The second-order valence-electron chi connectivity index (χ2n) is 6.47. The molecule has 24 heavy (non-hydrogen) atoms. The Morgan fingerprint density at radius 2 is 2.25 bits per heavy atom. The number of halogens is 1. The maximum atomic E-state index is 4.79. The molecular weight excluding hydrogens is 364 g/mol. The quantitative estimate of drug-likeness (QED) is 0.731. The van der Waals surface area contributed by atoms with Crippen LogP contribution in [0.1, 0.15) is 36.0 Å². The van der Waals surface area contributed by atoms with E-state index in [1.807, 2.05) is 6.20 Å². The average molecular weight is 385 g/mol. The number of H-pyrrole nitrogens is 1. The number of nitrogens with one attached hydrogen (secondary N) is 1. The number of aryl methyl sites for hydroxylation is 1. The number of hydrogen-bond donors (Lipinski definition) is 1. The van der Waals surface area contributed by atoms with Gasteiger partial charge in [-0.15, -0.1) is 0 Å². The molecule has 0 aliphatic carbocycles. The number of fused-ring (bicyclic) bond motifs is 2. The van der Waals surface area contributed by atoms with Crippen LogP contribution in [0.4, 0.5) is 0 Å². The SMILES string of the molecule is CCCc1ncc2c(n1)CN(Cc1c[nH]c3cc(Br)ccc13)CC2. The molecule has 0 bridgehead atoms. The Morgan fingerprint density at radius 1 is 1.33 bits per heavy atom. The molecule has 4 rings (SSSR count). The van der Waals surface area contributed by atoms with Gasteiger partial charge in [-0.05, 0) is 36.1 Å². The number of nitrogens with zero attached hydrogens (tertiary/aromatic N) is 3. The summed E-state index contributed by atoms with van der Waals surface area (Å²) in [7, 11) is 0. The number of rotatable bonds is 4. The van der Waals surface area contributed by atoms with Gasteiger partial charge < -0.3 is 4.98 Å². The maximum Gasteiger partial charge on any atom is 0.128 e. The van der Waals surface area contributed by atoms with Crippen molar-refractivity contribution in [3.05, 3.63) is 57.7 Å². The van der Waals surface area contributed by atoms with E-state index in [1.54, 1.807) is 0 Å². The molecule has 2 aromatic heterocycles. The summed E-state index contributed by atoms with van der Waals surface area (Å²) in [5, 5.41) is 1.30. The zero-order valence-corrected chi connectivity index (χ0v) is 15.4. The molecule has 1 aromatic carbocycles. The van der Waals surface area contributed by atoms with Crippen LogP contribution in [-0.4, -0.2) is 26.4 Å². The molecule has 0 unspecified atom stereocenters. The van der Waals surface area contributed by atoms with Gasteiger partial charge in [-0.2, -0.15) is 0 Å². The van der Waals surface area contributed by atoms with Crippen LogP contribution in [0.5, 0.6) is 0 Å². The summed E-state index contributed by atoms with van der Waals surface area (Å²) < 4.78 is 1.11. The molecular formula is C19H21BrN4. The molecule has 0 saturated carbocycles. The van der Waals surface area contributed by atoms with Crippen molar-refractivity contribution in [1.82, 2.24) is 19.9 Å². The van der Waals surface area contributed by atoms with Crippen molar-refractivity contribution in [2.75, 3.05) is 6.54 Å². The first kappa shape index (κ1) is 15.8. The molecule has 3 aromatic rings. The zero-order valence-electron chi connectivity index (χ0n) is 13.8. The first-order valence-corrected chi connectivity index (χ1v) is 9.34. The highest BCUT2D eigenvalue weighted by molar-refractivity contribution is 9.10. The van der Waals surface area contributed by atoms with Crippen LogP contribution in [0.25, 0.3) is 10.9 Å². The fraction of sp³-hybridized carbons (Fsp3) is 0.368. The molecule has 1 aliphatic rings. The van der Waals surface area contributed by atoms with E-state index in [4.69, 9.17) is 4.98 Å². The van der Waals surface area contributed by atoms with Crippen LogP contribution >= 0.6 is 15.9 Å². The minimum absolute atomic E-state index is 0.914. The van der Waals surface area contributed by atoms with E-state index in [0.717, 1.165) is 49.2 Å². The molecule has 0 spiro atoms. The summed E-state index contributed by atoms with van der Waals surface area (Å²) in [6.07, 6.45) is 7.26. The van der Waals surface area contributed by atoms with Crippen LogP contribution in [-0.2, 0) is 25.9 Å². The normalized spacial score (nSPS) is 14.9. The van der Waals surface area contributed by atoms with E-state index >= 15 is 0 Å². The minimum Gasteiger partial charge on any atom is -0.361 e. The Labute approximate surface area is 150 Å². The summed E-state index contributed by atoms with van der Waals surface area (Å²) in [6.45, 7) is 5.10. The fourth-order valence-corrected chi connectivity index (χ4v) is 3.77. The van der Waals surface area contributed by atoms with E-state index in [1.165, 1.54) is 27.7 Å². The highest BCUT2D eigenvalue weighted by Crippen LogP contribution is 2.25. The van der Waals surface area contributed by atoms with Crippen molar-refractivity contribution in [2.24, 2.45) is 0 Å². The smallest absolute Gasteiger partial charge is 0.128 e. The summed E-state index contributed by atoms with van der Waals surface area (Å²) in [5.74, 6) is 0.982. The predicted molar refractivity (Wildman–Crippen MR) is 99.8 cm³/mol. The van der Waals surface area contributed by atoms with E-state index in [9.17, 15) is 0 Å². The Balaban J connectivity index is 1.54. The maximum absolute atomic E-state index is 4.79. The second kappa shape index (κ2) is 6.65. The lowest BCUT2D eigenvalue weighted by atomic mass is 10.1. The van der Waals surface area contributed by atoms with Crippen molar-refractivity contribution >= 4 is 26.8 Å².